The summed E-state index contributed by atoms with van der Waals surface area (Å²) in [6.45, 7) is 7.01. The number of rotatable bonds is 7. The van der Waals surface area contributed by atoms with Crippen molar-refractivity contribution >= 4 is 21.8 Å². The van der Waals surface area contributed by atoms with Crippen LogP contribution in [0.4, 0.5) is 0 Å². The van der Waals surface area contributed by atoms with Crippen LogP contribution in [0.5, 0.6) is 5.75 Å². The summed E-state index contributed by atoms with van der Waals surface area (Å²) in [4.78, 5) is 14.3. The molecule has 0 bridgehead atoms. The van der Waals surface area contributed by atoms with Gasteiger partial charge in [0.05, 0.1) is 13.2 Å². The number of carbonyl (C=O) groups excluding carboxylic acids is 1. The molecule has 0 aliphatic carbocycles. The molecule has 1 unspecified atom stereocenters. The van der Waals surface area contributed by atoms with Crippen molar-refractivity contribution < 1.29 is 14.3 Å². The maximum absolute atomic E-state index is 12.0. The zero-order chi connectivity index (χ0) is 15.8. The van der Waals surface area contributed by atoms with Crippen molar-refractivity contribution in [3.05, 3.63) is 28.7 Å². The number of carbonyl (C=O) groups is 1. The molecule has 1 aliphatic rings. The summed E-state index contributed by atoms with van der Waals surface area (Å²) in [6.07, 6.45) is 0.445. The highest BCUT2D eigenvalue weighted by atomic mass is 79.9. The molecule has 6 heteroatoms. The molecule has 1 atom stereocenters. The molecule has 5 nitrogen and oxygen atoms in total. The number of amides is 1. The van der Waals surface area contributed by atoms with E-state index < -0.39 is 6.10 Å². The Morgan fingerprint density at radius 1 is 1.36 bits per heavy atom. The summed E-state index contributed by atoms with van der Waals surface area (Å²) in [5, 5.41) is 2.92. The van der Waals surface area contributed by atoms with Crippen LogP contribution in [0.2, 0.25) is 0 Å². The number of hydrogen-bond acceptors (Lipinski definition) is 4. The Balaban J connectivity index is 1.62. The van der Waals surface area contributed by atoms with E-state index in [-0.39, 0.29) is 5.91 Å². The lowest BCUT2D eigenvalue weighted by Crippen LogP contribution is -2.40. The lowest BCUT2D eigenvalue weighted by atomic mass is 10.3. The minimum atomic E-state index is -0.496. The highest BCUT2D eigenvalue weighted by molar-refractivity contribution is 9.10. The zero-order valence-corrected chi connectivity index (χ0v) is 14.5. The van der Waals surface area contributed by atoms with Crippen molar-refractivity contribution in [1.82, 2.24) is 10.2 Å². The summed E-state index contributed by atoms with van der Waals surface area (Å²) >= 11 is 3.37. The predicted molar refractivity (Wildman–Crippen MR) is 89.1 cm³/mol. The summed E-state index contributed by atoms with van der Waals surface area (Å²) in [5.74, 6) is 0.615. The molecule has 0 saturated carbocycles. The third-order valence-electron chi connectivity index (χ3n) is 3.55. The number of nitrogens with zero attached hydrogens (tertiary/aromatic N) is 1. The maximum Gasteiger partial charge on any atom is 0.260 e. The Kier molecular flexibility index (Phi) is 7.15. The van der Waals surface area contributed by atoms with Gasteiger partial charge in [0.15, 0.2) is 6.10 Å². The van der Waals surface area contributed by atoms with Gasteiger partial charge in [0, 0.05) is 24.1 Å². The third-order valence-corrected chi connectivity index (χ3v) is 4.08. The highest BCUT2D eigenvalue weighted by Crippen LogP contribution is 2.17. The van der Waals surface area contributed by atoms with E-state index in [4.69, 9.17) is 9.47 Å². The number of ether oxygens (including phenoxy) is 2. The molecule has 1 amide bonds. The second kappa shape index (κ2) is 9.12. The Labute approximate surface area is 140 Å². The first-order valence-corrected chi connectivity index (χ1v) is 8.44. The van der Waals surface area contributed by atoms with Gasteiger partial charge < -0.3 is 14.8 Å². The van der Waals surface area contributed by atoms with Crippen LogP contribution in [-0.4, -0.2) is 56.3 Å². The molecule has 22 heavy (non-hydrogen) atoms. The quantitative estimate of drug-likeness (QED) is 0.746. The van der Waals surface area contributed by atoms with Crippen molar-refractivity contribution in [1.29, 1.82) is 0 Å². The first-order valence-electron chi connectivity index (χ1n) is 7.65. The van der Waals surface area contributed by atoms with Crippen LogP contribution in [0.15, 0.2) is 28.7 Å². The van der Waals surface area contributed by atoms with Crippen molar-refractivity contribution in [2.75, 3.05) is 39.4 Å². The average molecular weight is 371 g/mol. The minimum Gasteiger partial charge on any atom is -0.481 e. The van der Waals surface area contributed by atoms with Gasteiger partial charge >= 0.3 is 0 Å². The molecule has 122 valence electrons. The first kappa shape index (κ1) is 17.2. The van der Waals surface area contributed by atoms with E-state index in [0.29, 0.717) is 12.3 Å². The number of hydrogen-bond donors (Lipinski definition) is 1. The van der Waals surface area contributed by atoms with Crippen LogP contribution in [0, 0.1) is 0 Å². The lowest BCUT2D eigenvalue weighted by molar-refractivity contribution is -0.127. The van der Waals surface area contributed by atoms with Gasteiger partial charge in [0.1, 0.15) is 5.75 Å². The smallest absolute Gasteiger partial charge is 0.260 e. The molecule has 1 aromatic rings. The van der Waals surface area contributed by atoms with E-state index in [1.165, 1.54) is 0 Å². The van der Waals surface area contributed by atoms with E-state index >= 15 is 0 Å². The van der Waals surface area contributed by atoms with Gasteiger partial charge in [0.2, 0.25) is 0 Å². The molecule has 1 aromatic carbocycles. The number of halogens is 1. The third kappa shape index (κ3) is 5.94. The topological polar surface area (TPSA) is 50.8 Å². The normalized spacial score (nSPS) is 17.0. The van der Waals surface area contributed by atoms with Crippen LogP contribution >= 0.6 is 15.9 Å². The second-order valence-corrected chi connectivity index (χ2v) is 6.23. The Hall–Kier alpha value is -1.11. The van der Waals surface area contributed by atoms with Gasteiger partial charge in [-0.25, -0.2) is 0 Å². The van der Waals surface area contributed by atoms with Gasteiger partial charge in [-0.05, 0) is 44.2 Å². The van der Waals surface area contributed by atoms with Crippen molar-refractivity contribution in [2.24, 2.45) is 0 Å². The van der Waals surface area contributed by atoms with Gasteiger partial charge in [0.25, 0.3) is 5.91 Å². The fourth-order valence-electron chi connectivity index (χ4n) is 2.25. The predicted octanol–water partition coefficient (Wildman–Crippen LogP) is 2.05. The first-order chi connectivity index (χ1) is 10.6. The van der Waals surface area contributed by atoms with Gasteiger partial charge in [-0.2, -0.15) is 0 Å². The Morgan fingerprint density at radius 3 is 2.73 bits per heavy atom. The molecule has 1 saturated heterocycles. The van der Waals surface area contributed by atoms with Crippen LogP contribution in [-0.2, 0) is 9.53 Å². The summed E-state index contributed by atoms with van der Waals surface area (Å²) in [5.41, 5.74) is 0. The molecular weight excluding hydrogens is 348 g/mol. The monoisotopic (exact) mass is 370 g/mol. The number of nitrogens with one attached hydrogen (secondary N) is 1. The summed E-state index contributed by atoms with van der Waals surface area (Å²) < 4.78 is 11.9. The zero-order valence-electron chi connectivity index (χ0n) is 12.9. The van der Waals surface area contributed by atoms with Crippen molar-refractivity contribution in [3.63, 3.8) is 0 Å². The van der Waals surface area contributed by atoms with Crippen LogP contribution in [0.3, 0.4) is 0 Å². The average Bonchev–Trinajstić information content (AvgIpc) is 2.54. The number of morpholine rings is 1. The Bertz CT molecular complexity index is 461. The molecule has 2 rings (SSSR count). The molecule has 1 N–H and O–H groups in total. The molecular formula is C16H23BrN2O3. The van der Waals surface area contributed by atoms with E-state index in [0.717, 1.165) is 43.7 Å². The fourth-order valence-corrected chi connectivity index (χ4v) is 2.52. The van der Waals surface area contributed by atoms with E-state index in [9.17, 15) is 4.79 Å². The van der Waals surface area contributed by atoms with Crippen LogP contribution < -0.4 is 10.1 Å². The molecule has 0 spiro atoms. The number of benzene rings is 1. The van der Waals surface area contributed by atoms with E-state index in [1.54, 1.807) is 6.92 Å². The standard InChI is InChI=1S/C16H23BrN2O3/c1-13(22-15-5-3-14(17)4-6-15)16(20)18-7-2-8-19-9-11-21-12-10-19/h3-6,13H,2,7-12H2,1H3,(H,18,20). The fraction of sp³-hybridized carbons (Fsp3) is 0.562. The van der Waals surface area contributed by atoms with Crippen LogP contribution in [0.1, 0.15) is 13.3 Å². The highest BCUT2D eigenvalue weighted by Gasteiger charge is 2.14. The largest absolute Gasteiger partial charge is 0.481 e. The van der Waals surface area contributed by atoms with E-state index in [1.807, 2.05) is 24.3 Å². The Morgan fingerprint density at radius 2 is 2.05 bits per heavy atom. The molecule has 1 aliphatic heterocycles. The SMILES string of the molecule is CC(Oc1ccc(Br)cc1)C(=O)NCCCN1CCOCC1. The van der Waals surface area contributed by atoms with Gasteiger partial charge in [-0.15, -0.1) is 0 Å². The molecule has 0 aromatic heterocycles. The van der Waals surface area contributed by atoms with Crippen LogP contribution in [0.25, 0.3) is 0 Å². The van der Waals surface area contributed by atoms with Crippen molar-refractivity contribution in [2.45, 2.75) is 19.4 Å². The molecule has 1 heterocycles. The van der Waals surface area contributed by atoms with Gasteiger partial charge in [-0.3, -0.25) is 9.69 Å². The summed E-state index contributed by atoms with van der Waals surface area (Å²) in [7, 11) is 0. The molecule has 1 fully saturated rings. The lowest BCUT2D eigenvalue weighted by Gasteiger charge is -2.26. The van der Waals surface area contributed by atoms with E-state index in [2.05, 4.69) is 26.1 Å². The van der Waals surface area contributed by atoms with Gasteiger partial charge in [-0.1, -0.05) is 15.9 Å². The summed E-state index contributed by atoms with van der Waals surface area (Å²) in [6, 6.07) is 7.46. The van der Waals surface area contributed by atoms with Crippen molar-refractivity contribution in [3.8, 4) is 5.75 Å². The minimum absolute atomic E-state index is 0.0788. The second-order valence-electron chi connectivity index (χ2n) is 5.31. The molecule has 0 radical (unpaired) electrons. The maximum atomic E-state index is 12.0.